The van der Waals surface area contributed by atoms with Crippen molar-refractivity contribution in [3.8, 4) is 0 Å². The summed E-state index contributed by atoms with van der Waals surface area (Å²) in [6, 6.07) is 0. The summed E-state index contributed by atoms with van der Waals surface area (Å²) in [6.07, 6.45) is -40.5. The fraction of sp³-hybridized carbons (Fsp3) is 0.917. The summed E-state index contributed by atoms with van der Waals surface area (Å²) < 4.78 is 149. The van der Waals surface area contributed by atoms with Crippen molar-refractivity contribution < 1.29 is 227 Å². The van der Waals surface area contributed by atoms with Crippen LogP contribution >= 0.6 is 0 Å². The first-order chi connectivity index (χ1) is 45.1. The SMILES string of the molecule is CO[C@@H]1[C@@H](O)[C@H](O[C@@H]2[C@@H](O)[C@H](O[C@H]3[C@H](O)[C@@H](O)[C@H](O[C@H]4[C@H](OC5CC[C@]6(C)C7=C[C@H](O)[C@]89C(=O)O[C@@](C)(C/C=C/C(C)(C)O)[C@H]8CC[C@@]9(C)[C@@H]7CC[C@H]6C5(C)C)OC[C@@H](O[C@@H]5O[C@H](COS(=O)(=O)[O-])[C@@H](O)[C@H](O)[C@H]5O)[C@@H]4O)O[C@@H]3CO)O[C@H](COS(=O)(=O)[O-])[C@H]2O)O[C@H](CO)[C@H]1O.[Na+].[Na+]. The molecule has 4 aliphatic carbocycles. The maximum atomic E-state index is 14.6. The Morgan fingerprint density at radius 3 is 1.70 bits per heavy atom. The predicted octanol–water partition coefficient (Wildman–Crippen LogP) is -11.7. The first kappa shape index (κ1) is 84.3. The third-order valence-corrected chi connectivity index (χ3v) is 23.4. The van der Waals surface area contributed by atoms with Crippen LogP contribution in [0.4, 0.5) is 0 Å². The summed E-state index contributed by atoms with van der Waals surface area (Å²) in [5, 5.41) is 158. The Balaban J connectivity index is 0.00000624. The van der Waals surface area contributed by atoms with Gasteiger partial charge < -0.3 is 137 Å². The monoisotopic (exact) mass is 1480 g/mol. The van der Waals surface area contributed by atoms with Crippen molar-refractivity contribution in [2.75, 3.05) is 40.1 Å². The Morgan fingerprint density at radius 2 is 1.11 bits per heavy atom. The summed E-state index contributed by atoms with van der Waals surface area (Å²) in [7, 11) is -9.81. The molecule has 0 radical (unpaired) electrons. The summed E-state index contributed by atoms with van der Waals surface area (Å²) >= 11 is 0. The number of fused-ring (bicyclic) bond motifs is 4. The van der Waals surface area contributed by atoms with Gasteiger partial charge in [0.1, 0.15) is 127 Å². The Labute approximate surface area is 616 Å². The van der Waals surface area contributed by atoms with Crippen molar-refractivity contribution in [1.29, 1.82) is 0 Å². The minimum Gasteiger partial charge on any atom is -0.726 e. The number of carbonyl (C=O) groups excluding carboxylic acids is 1. The normalized spacial score (nSPS) is 48.5. The Morgan fingerprint density at radius 1 is 0.586 bits per heavy atom. The van der Waals surface area contributed by atoms with E-state index in [-0.39, 0.29) is 76.9 Å². The molecule has 6 saturated heterocycles. The van der Waals surface area contributed by atoms with Gasteiger partial charge in [-0.2, -0.15) is 0 Å². The average Bonchev–Trinajstić information content (AvgIpc) is 1.59. The van der Waals surface area contributed by atoms with Crippen LogP contribution in [0.25, 0.3) is 0 Å². The Kier molecular flexibility index (Phi) is 27.0. The van der Waals surface area contributed by atoms with E-state index in [4.69, 9.17) is 56.8 Å². The van der Waals surface area contributed by atoms with Crippen LogP contribution < -0.4 is 59.1 Å². The zero-order valence-electron chi connectivity index (χ0n) is 56.6. The molecular weight excluding hydrogens is 1390 g/mol. The molecule has 9 fully saturated rings. The van der Waals surface area contributed by atoms with Crippen LogP contribution in [-0.4, -0.2) is 314 Å². The molecule has 33 atom stereocenters. The zero-order chi connectivity index (χ0) is 71.4. The molecule has 14 N–H and O–H groups in total. The van der Waals surface area contributed by atoms with Crippen LogP contribution in [0.15, 0.2) is 23.8 Å². The molecule has 558 valence electrons. The van der Waals surface area contributed by atoms with Crippen LogP contribution in [0.1, 0.15) is 93.4 Å². The number of methoxy groups -OCH3 is 1. The first-order valence-electron chi connectivity index (χ1n) is 32.4. The molecule has 10 rings (SSSR count). The maximum Gasteiger partial charge on any atom is 1.00 e. The van der Waals surface area contributed by atoms with Gasteiger partial charge in [0.25, 0.3) is 0 Å². The van der Waals surface area contributed by atoms with E-state index in [1.54, 1.807) is 19.9 Å². The van der Waals surface area contributed by atoms with Crippen LogP contribution in [-0.2, 0) is 90.8 Å². The van der Waals surface area contributed by atoms with Crippen LogP contribution in [0.2, 0.25) is 0 Å². The number of aliphatic hydroxyl groups is 14. The third kappa shape index (κ3) is 16.1. The molecule has 0 aromatic carbocycles. The molecule has 1 spiro atoms. The van der Waals surface area contributed by atoms with Crippen molar-refractivity contribution in [2.24, 2.45) is 39.4 Å². The summed E-state index contributed by atoms with van der Waals surface area (Å²) in [4.78, 5) is 14.6. The number of ether oxygens (including phenoxy) is 12. The number of hydrogen-bond donors (Lipinski definition) is 14. The van der Waals surface area contributed by atoms with E-state index in [9.17, 15) is 102 Å². The molecule has 6 aliphatic heterocycles. The average molecular weight is 1490 g/mol. The van der Waals surface area contributed by atoms with Gasteiger partial charge in [-0.1, -0.05) is 51.5 Å². The number of cyclic esters (lactones) is 1. The molecule has 10 aliphatic rings. The Bertz CT molecular complexity index is 3060. The largest absolute Gasteiger partial charge is 1.00 e. The van der Waals surface area contributed by atoms with Gasteiger partial charge in [-0.15, -0.1) is 0 Å². The number of hydrogen-bond acceptors (Lipinski definition) is 35. The maximum absolute atomic E-state index is 14.6. The van der Waals surface area contributed by atoms with Crippen molar-refractivity contribution >= 4 is 26.8 Å². The van der Waals surface area contributed by atoms with Gasteiger partial charge in [0.05, 0.1) is 50.8 Å². The van der Waals surface area contributed by atoms with Gasteiger partial charge in [0.15, 0.2) is 31.5 Å². The van der Waals surface area contributed by atoms with E-state index >= 15 is 0 Å². The molecule has 39 heteroatoms. The van der Waals surface area contributed by atoms with Crippen molar-refractivity contribution in [2.45, 2.75) is 264 Å². The number of carbonyl (C=O) groups is 1. The summed E-state index contributed by atoms with van der Waals surface area (Å²) in [5.74, 6) is -1.14. The summed E-state index contributed by atoms with van der Waals surface area (Å²) in [6.45, 7) is 8.28. The van der Waals surface area contributed by atoms with Crippen LogP contribution in [0.5, 0.6) is 0 Å². The second-order valence-corrected chi connectivity index (χ2v) is 31.3. The fourth-order valence-electron chi connectivity index (χ4n) is 17.7. The molecule has 0 aromatic rings. The van der Waals surface area contributed by atoms with E-state index in [2.05, 4.69) is 22.2 Å². The topological polar surface area (TPSA) is 544 Å². The molecule has 1 unspecified atom stereocenters. The van der Waals surface area contributed by atoms with Gasteiger partial charge in [0.2, 0.25) is 20.8 Å². The zero-order valence-corrected chi connectivity index (χ0v) is 62.2. The summed E-state index contributed by atoms with van der Waals surface area (Å²) in [5.41, 5.74) is -4.44. The van der Waals surface area contributed by atoms with E-state index in [0.717, 1.165) is 12.7 Å². The third-order valence-electron chi connectivity index (χ3n) is 22.5. The first-order valence-corrected chi connectivity index (χ1v) is 35.1. The van der Waals surface area contributed by atoms with Gasteiger partial charge >= 0.3 is 65.1 Å². The van der Waals surface area contributed by atoms with Crippen LogP contribution in [0.3, 0.4) is 0 Å². The van der Waals surface area contributed by atoms with Crippen molar-refractivity contribution in [3.63, 3.8) is 0 Å². The Hall–Kier alpha value is -0.310. The van der Waals surface area contributed by atoms with Crippen LogP contribution in [0, 0.1) is 39.4 Å². The van der Waals surface area contributed by atoms with Gasteiger partial charge in [-0.3, -0.25) is 13.2 Å². The predicted molar refractivity (Wildman–Crippen MR) is 314 cm³/mol. The van der Waals surface area contributed by atoms with Gasteiger partial charge in [-0.05, 0) is 87.4 Å². The number of aliphatic hydroxyl groups excluding tert-OH is 13. The number of rotatable bonds is 22. The molecule has 6 heterocycles. The minimum absolute atomic E-state index is 0. The molecule has 35 nitrogen and oxygen atoms in total. The van der Waals surface area contributed by atoms with E-state index in [1.165, 1.54) is 0 Å². The molecule has 0 aromatic heterocycles. The minimum atomic E-state index is -5.51. The molecule has 99 heavy (non-hydrogen) atoms. The second kappa shape index (κ2) is 31.7. The molecule has 3 saturated carbocycles. The molecular formula is C60H94Na2O35S2. The quantitative estimate of drug-likeness (QED) is 0.0120. The standard InChI is InChI=1S/C60H96O35S2.2Na/c1-55(2,75)14-9-15-59(7)32-12-17-58(6)24-10-11-31-56(3,4)34(13-16-57(31,5)25(24)18-33(63)60(32,58)54(74)95-59)91-53-48(38(67)28(21-83-53)88-49-41(70)39(68)35(64)29(89-49)22-84-96(76,77)78)94-50-42(71)40(69)45(27(20-62)87-50)92-52-44(73)47(37(66)30(90-52)23-85-97(79,80)81)93-51-43(72)46(82-8)36(65)26(19-61)86-51;;/h9,14,18,24,26-53,61-73,75H,10-13,15-17,19-23H2,1-8H3,(H,76,77,78)(H,79,80,81);;/q;2*+1/p-2/b14-9+;;/t24-,26-,27-,28-,29-,30-,31+,32-,33+,34?,35-,36-,37-,38+,39+,40-,41-,42-,43-,44-,45-,46+,47+,48-,49-,50+,51+,52+,53+,57-,58+,59+,60+;;/m1../s1. The van der Waals surface area contributed by atoms with Gasteiger partial charge in [-0.25, -0.2) is 16.8 Å². The number of allylic oxidation sites excluding steroid dienone is 1. The number of esters is 1. The molecule has 0 amide bonds. The van der Waals surface area contributed by atoms with Gasteiger partial charge in [0, 0.05) is 19.4 Å². The van der Waals surface area contributed by atoms with Crippen molar-refractivity contribution in [3.05, 3.63) is 23.8 Å². The van der Waals surface area contributed by atoms with E-state index < -0.39 is 252 Å². The van der Waals surface area contributed by atoms with E-state index in [0.29, 0.717) is 44.9 Å². The van der Waals surface area contributed by atoms with Crippen molar-refractivity contribution in [1.82, 2.24) is 0 Å². The van der Waals surface area contributed by atoms with E-state index in [1.807, 2.05) is 32.9 Å². The fourth-order valence-corrected chi connectivity index (χ4v) is 18.3. The smallest absolute Gasteiger partial charge is 0.726 e. The molecule has 0 bridgehead atoms. The second-order valence-electron chi connectivity index (χ2n) is 29.2.